The molecule has 1 heterocycles. The highest BCUT2D eigenvalue weighted by Crippen LogP contribution is 2.24. The van der Waals surface area contributed by atoms with Gasteiger partial charge in [-0.15, -0.1) is 0 Å². The van der Waals surface area contributed by atoms with Gasteiger partial charge in [-0.1, -0.05) is 17.7 Å². The average molecular weight is 327 g/mol. The van der Waals surface area contributed by atoms with Crippen molar-refractivity contribution in [1.29, 1.82) is 0 Å². The van der Waals surface area contributed by atoms with Crippen LogP contribution in [0.25, 0.3) is 0 Å². The van der Waals surface area contributed by atoms with Crippen LogP contribution in [0.3, 0.4) is 0 Å². The number of aliphatic hydroxyl groups excluding tert-OH is 1. The molecular formula is C16H23ClN2O3. The van der Waals surface area contributed by atoms with Gasteiger partial charge in [0.15, 0.2) is 6.61 Å². The van der Waals surface area contributed by atoms with Crippen molar-refractivity contribution in [2.45, 2.75) is 0 Å². The number of aliphatic hydroxyl groups is 1. The molecule has 1 fully saturated rings. The van der Waals surface area contributed by atoms with E-state index in [1.54, 1.807) is 29.2 Å². The number of carbonyl (C=O) groups is 1. The minimum Gasteiger partial charge on any atom is -0.484 e. The van der Waals surface area contributed by atoms with Gasteiger partial charge in [0, 0.05) is 37.2 Å². The molecule has 1 aromatic carbocycles. The summed E-state index contributed by atoms with van der Waals surface area (Å²) in [5.74, 6) is 0.968. The zero-order valence-corrected chi connectivity index (χ0v) is 13.8. The molecule has 2 rings (SSSR count). The first-order valence-corrected chi connectivity index (χ1v) is 7.79. The van der Waals surface area contributed by atoms with Crippen LogP contribution in [0.15, 0.2) is 24.3 Å². The second-order valence-electron chi connectivity index (χ2n) is 6.01. The van der Waals surface area contributed by atoms with E-state index in [0.29, 0.717) is 29.8 Å². The molecule has 1 aliphatic heterocycles. The van der Waals surface area contributed by atoms with Crippen molar-refractivity contribution in [3.63, 3.8) is 0 Å². The Labute approximate surface area is 136 Å². The zero-order chi connectivity index (χ0) is 16.1. The monoisotopic (exact) mass is 326 g/mol. The van der Waals surface area contributed by atoms with Gasteiger partial charge < -0.3 is 19.6 Å². The first kappa shape index (κ1) is 17.1. The third-order valence-corrected chi connectivity index (χ3v) is 4.16. The fourth-order valence-electron chi connectivity index (χ4n) is 2.82. The lowest BCUT2D eigenvalue weighted by Gasteiger charge is -2.20. The maximum atomic E-state index is 12.3. The van der Waals surface area contributed by atoms with E-state index in [0.717, 1.165) is 6.54 Å². The highest BCUT2D eigenvalue weighted by atomic mass is 35.5. The van der Waals surface area contributed by atoms with Crippen LogP contribution in [0.4, 0.5) is 0 Å². The molecule has 1 amide bonds. The molecule has 1 N–H and O–H groups in total. The third-order valence-electron chi connectivity index (χ3n) is 3.92. The van der Waals surface area contributed by atoms with Crippen LogP contribution in [0.5, 0.6) is 5.75 Å². The standard InChI is InChI=1S/C16H23ClN2O3/c1-18(2)7-12-8-19(9-13(12)10-20)16(21)11-22-15-5-3-4-14(17)6-15/h3-6,12-13,20H,7-11H2,1-2H3/t12-,13-/m1/s1. The van der Waals surface area contributed by atoms with Crippen LogP contribution in [0, 0.1) is 11.8 Å². The highest BCUT2D eigenvalue weighted by molar-refractivity contribution is 6.30. The first-order chi connectivity index (χ1) is 10.5. The van der Waals surface area contributed by atoms with Gasteiger partial charge in [-0.05, 0) is 38.2 Å². The number of amides is 1. The number of benzene rings is 1. The second kappa shape index (κ2) is 7.81. The van der Waals surface area contributed by atoms with E-state index >= 15 is 0 Å². The predicted molar refractivity (Wildman–Crippen MR) is 86.1 cm³/mol. The molecule has 0 bridgehead atoms. The van der Waals surface area contributed by atoms with E-state index < -0.39 is 0 Å². The number of hydrogen-bond donors (Lipinski definition) is 1. The maximum absolute atomic E-state index is 12.3. The summed E-state index contributed by atoms with van der Waals surface area (Å²) < 4.78 is 5.50. The molecule has 0 unspecified atom stereocenters. The summed E-state index contributed by atoms with van der Waals surface area (Å²) in [6.07, 6.45) is 0. The smallest absolute Gasteiger partial charge is 0.260 e. The van der Waals surface area contributed by atoms with E-state index in [1.807, 2.05) is 14.1 Å². The maximum Gasteiger partial charge on any atom is 0.260 e. The van der Waals surface area contributed by atoms with Gasteiger partial charge >= 0.3 is 0 Å². The zero-order valence-electron chi connectivity index (χ0n) is 13.0. The van der Waals surface area contributed by atoms with Crippen LogP contribution >= 0.6 is 11.6 Å². The fraction of sp³-hybridized carbons (Fsp3) is 0.562. The van der Waals surface area contributed by atoms with Crippen LogP contribution in [0.2, 0.25) is 5.02 Å². The Hall–Kier alpha value is -1.30. The summed E-state index contributed by atoms with van der Waals surface area (Å²) in [5.41, 5.74) is 0. The molecule has 0 spiro atoms. The third kappa shape index (κ3) is 4.60. The van der Waals surface area contributed by atoms with Crippen molar-refractivity contribution < 1.29 is 14.6 Å². The molecule has 6 heteroatoms. The van der Waals surface area contributed by atoms with Crippen molar-refractivity contribution >= 4 is 17.5 Å². The number of ether oxygens (including phenoxy) is 1. The van der Waals surface area contributed by atoms with E-state index in [-0.39, 0.29) is 25.0 Å². The molecule has 1 aromatic rings. The lowest BCUT2D eigenvalue weighted by Crippen LogP contribution is -2.34. The number of halogens is 1. The quantitative estimate of drug-likeness (QED) is 0.857. The van der Waals surface area contributed by atoms with Gasteiger partial charge in [0.1, 0.15) is 5.75 Å². The van der Waals surface area contributed by atoms with Crippen LogP contribution < -0.4 is 4.74 Å². The molecule has 2 atom stereocenters. The van der Waals surface area contributed by atoms with E-state index in [4.69, 9.17) is 16.3 Å². The minimum absolute atomic E-state index is 0.00677. The van der Waals surface area contributed by atoms with Crippen LogP contribution in [-0.2, 0) is 4.79 Å². The lowest BCUT2D eigenvalue weighted by molar-refractivity contribution is -0.132. The Bertz CT molecular complexity index is 510. The first-order valence-electron chi connectivity index (χ1n) is 7.41. The molecule has 0 aromatic heterocycles. The Morgan fingerprint density at radius 1 is 1.41 bits per heavy atom. The SMILES string of the molecule is CN(C)C[C@@H]1CN(C(=O)COc2cccc(Cl)c2)C[C@@H]1CO. The topological polar surface area (TPSA) is 53.0 Å². The highest BCUT2D eigenvalue weighted by Gasteiger charge is 2.34. The van der Waals surface area contributed by atoms with Crippen LogP contribution in [-0.4, -0.2) is 67.8 Å². The fourth-order valence-corrected chi connectivity index (χ4v) is 3.00. The summed E-state index contributed by atoms with van der Waals surface area (Å²) >= 11 is 5.88. The van der Waals surface area contributed by atoms with Gasteiger partial charge in [0.25, 0.3) is 5.91 Å². The normalized spacial score (nSPS) is 21.4. The van der Waals surface area contributed by atoms with E-state index in [1.165, 1.54) is 0 Å². The van der Waals surface area contributed by atoms with Crippen molar-refractivity contribution in [1.82, 2.24) is 9.80 Å². The lowest BCUT2D eigenvalue weighted by atomic mass is 9.97. The number of likely N-dealkylation sites (tertiary alicyclic amines) is 1. The Balaban J connectivity index is 1.87. The summed E-state index contributed by atoms with van der Waals surface area (Å²) in [5, 5.41) is 10.1. The Kier molecular flexibility index (Phi) is 6.06. The number of hydrogen-bond acceptors (Lipinski definition) is 4. The van der Waals surface area contributed by atoms with Crippen LogP contribution in [0.1, 0.15) is 0 Å². The molecular weight excluding hydrogens is 304 g/mol. The number of rotatable bonds is 6. The van der Waals surface area contributed by atoms with Gasteiger partial charge in [-0.3, -0.25) is 4.79 Å². The van der Waals surface area contributed by atoms with Gasteiger partial charge in [-0.25, -0.2) is 0 Å². The Morgan fingerprint density at radius 2 is 2.14 bits per heavy atom. The second-order valence-corrected chi connectivity index (χ2v) is 6.45. The van der Waals surface area contributed by atoms with Gasteiger partial charge in [0.2, 0.25) is 0 Å². The minimum atomic E-state index is -0.0559. The molecule has 0 radical (unpaired) electrons. The molecule has 0 aliphatic carbocycles. The van der Waals surface area contributed by atoms with Crippen molar-refractivity contribution in [2.24, 2.45) is 11.8 Å². The van der Waals surface area contributed by atoms with Gasteiger partial charge in [-0.2, -0.15) is 0 Å². The summed E-state index contributed by atoms with van der Waals surface area (Å²) in [6.45, 7) is 2.22. The molecule has 1 saturated heterocycles. The number of nitrogens with zero attached hydrogens (tertiary/aromatic N) is 2. The van der Waals surface area contributed by atoms with Crippen molar-refractivity contribution in [2.75, 3.05) is 46.9 Å². The molecule has 5 nitrogen and oxygen atoms in total. The summed E-state index contributed by atoms with van der Waals surface area (Å²) in [4.78, 5) is 16.1. The largest absolute Gasteiger partial charge is 0.484 e. The average Bonchev–Trinajstić information content (AvgIpc) is 2.87. The number of carbonyl (C=O) groups excluding carboxylic acids is 1. The molecule has 122 valence electrons. The van der Waals surface area contributed by atoms with Gasteiger partial charge in [0.05, 0.1) is 0 Å². The van der Waals surface area contributed by atoms with Crippen molar-refractivity contribution in [3.05, 3.63) is 29.3 Å². The predicted octanol–water partition coefficient (Wildman–Crippen LogP) is 1.35. The molecule has 1 aliphatic rings. The molecule has 0 saturated carbocycles. The molecule has 22 heavy (non-hydrogen) atoms. The van der Waals surface area contributed by atoms with E-state index in [9.17, 15) is 9.90 Å². The summed E-state index contributed by atoms with van der Waals surface area (Å²) in [6, 6.07) is 7.00. The Morgan fingerprint density at radius 3 is 2.77 bits per heavy atom. The summed E-state index contributed by atoms with van der Waals surface area (Å²) in [7, 11) is 4.00. The van der Waals surface area contributed by atoms with Crippen molar-refractivity contribution in [3.8, 4) is 5.75 Å². The van der Waals surface area contributed by atoms with E-state index in [2.05, 4.69) is 4.90 Å².